The van der Waals surface area contributed by atoms with Gasteiger partial charge < -0.3 is 4.74 Å². The second kappa shape index (κ2) is 6.22. The van der Waals surface area contributed by atoms with Crippen LogP contribution in [0.2, 0.25) is 0 Å². The number of fused-ring (bicyclic) bond motifs is 1. The Bertz CT molecular complexity index is 838. The summed E-state index contributed by atoms with van der Waals surface area (Å²) in [5.41, 5.74) is 1.42. The average molecular weight is 289 g/mol. The highest BCUT2D eigenvalue weighted by atomic mass is 16.5. The molecule has 0 amide bonds. The first kappa shape index (κ1) is 14.0. The minimum atomic E-state index is -0.101. The lowest BCUT2D eigenvalue weighted by molar-refractivity contribution is 0.104. The number of allylic oxidation sites excluding steroid dienone is 1. The van der Waals surface area contributed by atoms with Crippen LogP contribution in [0, 0.1) is 0 Å². The first-order chi connectivity index (χ1) is 10.8. The van der Waals surface area contributed by atoms with E-state index in [1.807, 2.05) is 36.4 Å². The molecule has 22 heavy (non-hydrogen) atoms. The van der Waals surface area contributed by atoms with Gasteiger partial charge in [0.25, 0.3) is 0 Å². The minimum Gasteiger partial charge on any atom is -0.497 e. The Balaban J connectivity index is 1.85. The number of carbonyl (C=O) groups excluding carboxylic acids is 1. The molecule has 108 valence electrons. The van der Waals surface area contributed by atoms with Gasteiger partial charge in [-0.3, -0.25) is 9.78 Å². The maximum atomic E-state index is 12.0. The zero-order chi connectivity index (χ0) is 15.4. The predicted octanol–water partition coefficient (Wildman–Crippen LogP) is 4.14. The summed E-state index contributed by atoms with van der Waals surface area (Å²) in [5, 5.41) is 2.21. The van der Waals surface area contributed by atoms with Crippen LogP contribution in [0.15, 0.2) is 66.9 Å². The highest BCUT2D eigenvalue weighted by molar-refractivity contribution is 6.05. The van der Waals surface area contributed by atoms with Gasteiger partial charge >= 0.3 is 0 Å². The molecule has 3 nitrogen and oxygen atoms in total. The quantitative estimate of drug-likeness (QED) is 0.535. The molecule has 3 rings (SSSR count). The Kier molecular flexibility index (Phi) is 3.97. The third-order valence-corrected chi connectivity index (χ3v) is 3.42. The van der Waals surface area contributed by atoms with Gasteiger partial charge in [-0.25, -0.2) is 0 Å². The summed E-state index contributed by atoms with van der Waals surface area (Å²) in [6, 6.07) is 17.3. The van der Waals surface area contributed by atoms with Crippen molar-refractivity contribution in [1.82, 2.24) is 4.98 Å². The Morgan fingerprint density at radius 2 is 1.86 bits per heavy atom. The fourth-order valence-electron chi connectivity index (χ4n) is 2.24. The molecule has 1 heterocycles. The van der Waals surface area contributed by atoms with Gasteiger partial charge in [0.2, 0.25) is 5.78 Å². The van der Waals surface area contributed by atoms with Crippen LogP contribution in [0.4, 0.5) is 0 Å². The molecule has 0 spiro atoms. The third-order valence-electron chi connectivity index (χ3n) is 3.42. The van der Waals surface area contributed by atoms with Crippen LogP contribution < -0.4 is 4.74 Å². The van der Waals surface area contributed by atoms with Crippen LogP contribution >= 0.6 is 0 Å². The number of ether oxygens (including phenoxy) is 1. The molecule has 0 aliphatic heterocycles. The Labute approximate surface area is 128 Å². The number of nitrogens with zero attached hydrogens (tertiary/aromatic N) is 1. The zero-order valence-corrected chi connectivity index (χ0v) is 12.2. The Morgan fingerprint density at radius 3 is 2.64 bits per heavy atom. The molecule has 0 aliphatic rings. The van der Waals surface area contributed by atoms with Crippen LogP contribution in [-0.2, 0) is 0 Å². The van der Waals surface area contributed by atoms with Crippen LogP contribution in [-0.4, -0.2) is 17.9 Å². The summed E-state index contributed by atoms with van der Waals surface area (Å²) in [4.78, 5) is 16.0. The van der Waals surface area contributed by atoms with E-state index in [4.69, 9.17) is 4.74 Å². The number of pyridine rings is 1. The van der Waals surface area contributed by atoms with Crippen LogP contribution in [0.25, 0.3) is 16.8 Å². The molecule has 0 saturated heterocycles. The molecular formula is C19H15NO2. The highest BCUT2D eigenvalue weighted by Gasteiger charge is 2.02. The summed E-state index contributed by atoms with van der Waals surface area (Å²) >= 11 is 0. The minimum absolute atomic E-state index is 0.101. The number of rotatable bonds is 4. The molecule has 0 bridgehead atoms. The van der Waals surface area contributed by atoms with Gasteiger partial charge in [-0.05, 0) is 52.7 Å². The van der Waals surface area contributed by atoms with Crippen molar-refractivity contribution in [3.05, 3.63) is 78.1 Å². The van der Waals surface area contributed by atoms with E-state index < -0.39 is 0 Å². The van der Waals surface area contributed by atoms with Gasteiger partial charge in [0, 0.05) is 6.20 Å². The van der Waals surface area contributed by atoms with Gasteiger partial charge in [-0.1, -0.05) is 30.3 Å². The monoisotopic (exact) mass is 289 g/mol. The van der Waals surface area contributed by atoms with E-state index >= 15 is 0 Å². The second-order valence-corrected chi connectivity index (χ2v) is 4.89. The first-order valence-corrected chi connectivity index (χ1v) is 6.97. The van der Waals surface area contributed by atoms with Gasteiger partial charge in [-0.2, -0.15) is 0 Å². The van der Waals surface area contributed by atoms with Crippen LogP contribution in [0.1, 0.15) is 16.1 Å². The molecular weight excluding hydrogens is 274 g/mol. The molecule has 3 heteroatoms. The number of carbonyl (C=O) groups is 1. The normalized spacial score (nSPS) is 11.0. The number of hydrogen-bond donors (Lipinski definition) is 0. The van der Waals surface area contributed by atoms with Crippen molar-refractivity contribution in [2.24, 2.45) is 0 Å². The lowest BCUT2D eigenvalue weighted by Crippen LogP contribution is -1.96. The number of benzene rings is 2. The molecule has 0 aliphatic carbocycles. The summed E-state index contributed by atoms with van der Waals surface area (Å²) in [5.74, 6) is 0.733. The molecule has 0 fully saturated rings. The SMILES string of the molecule is COc1ccc2cc(C=CC(=O)c3ccccn3)ccc2c1. The van der Waals surface area contributed by atoms with Crippen molar-refractivity contribution in [2.75, 3.05) is 7.11 Å². The first-order valence-electron chi connectivity index (χ1n) is 6.97. The van der Waals surface area contributed by atoms with E-state index in [9.17, 15) is 4.79 Å². The van der Waals surface area contributed by atoms with Crippen molar-refractivity contribution < 1.29 is 9.53 Å². The van der Waals surface area contributed by atoms with Crippen LogP contribution in [0.5, 0.6) is 5.75 Å². The predicted molar refractivity (Wildman–Crippen MR) is 88.1 cm³/mol. The fraction of sp³-hybridized carbons (Fsp3) is 0.0526. The average Bonchev–Trinajstić information content (AvgIpc) is 2.59. The standard InChI is InChI=1S/C19H15NO2/c1-22-17-9-8-15-12-14(5-7-16(15)13-17)6-10-19(21)18-4-2-3-11-20-18/h2-13H,1H3. The van der Waals surface area contributed by atoms with Gasteiger partial charge in [0.05, 0.1) is 7.11 Å². The van der Waals surface area contributed by atoms with Crippen LogP contribution in [0.3, 0.4) is 0 Å². The summed E-state index contributed by atoms with van der Waals surface area (Å²) in [6.07, 6.45) is 4.97. The van der Waals surface area contributed by atoms with E-state index in [1.54, 1.807) is 43.7 Å². The van der Waals surface area contributed by atoms with E-state index in [0.29, 0.717) is 5.69 Å². The molecule has 0 radical (unpaired) electrons. The maximum absolute atomic E-state index is 12.0. The van der Waals surface area contributed by atoms with E-state index in [2.05, 4.69) is 4.98 Å². The van der Waals surface area contributed by atoms with Crippen molar-refractivity contribution in [2.45, 2.75) is 0 Å². The maximum Gasteiger partial charge on any atom is 0.204 e. The van der Waals surface area contributed by atoms with Gasteiger partial charge in [0.1, 0.15) is 11.4 Å². The van der Waals surface area contributed by atoms with Gasteiger partial charge in [0.15, 0.2) is 0 Å². The third kappa shape index (κ3) is 3.04. The Hall–Kier alpha value is -2.94. The highest BCUT2D eigenvalue weighted by Crippen LogP contribution is 2.22. The smallest absolute Gasteiger partial charge is 0.204 e. The lowest BCUT2D eigenvalue weighted by atomic mass is 10.1. The largest absolute Gasteiger partial charge is 0.497 e. The molecule has 0 saturated carbocycles. The zero-order valence-electron chi connectivity index (χ0n) is 12.2. The summed E-state index contributed by atoms with van der Waals surface area (Å²) < 4.78 is 5.21. The van der Waals surface area contributed by atoms with Gasteiger partial charge in [-0.15, -0.1) is 0 Å². The van der Waals surface area contributed by atoms with Crippen molar-refractivity contribution in [3.8, 4) is 5.75 Å². The second-order valence-electron chi connectivity index (χ2n) is 4.89. The number of hydrogen-bond acceptors (Lipinski definition) is 3. The molecule has 0 atom stereocenters. The molecule has 0 N–H and O–H groups in total. The summed E-state index contributed by atoms with van der Waals surface area (Å²) in [7, 11) is 1.65. The Morgan fingerprint density at radius 1 is 1.05 bits per heavy atom. The lowest BCUT2D eigenvalue weighted by Gasteiger charge is -2.03. The van der Waals surface area contributed by atoms with E-state index in [-0.39, 0.29) is 5.78 Å². The summed E-state index contributed by atoms with van der Waals surface area (Å²) in [6.45, 7) is 0. The van der Waals surface area contributed by atoms with Crippen molar-refractivity contribution >= 4 is 22.6 Å². The topological polar surface area (TPSA) is 39.2 Å². The number of methoxy groups -OCH3 is 1. The number of ketones is 1. The molecule has 3 aromatic rings. The molecule has 1 aromatic heterocycles. The van der Waals surface area contributed by atoms with E-state index in [1.165, 1.54) is 0 Å². The molecule has 2 aromatic carbocycles. The van der Waals surface area contributed by atoms with Crippen molar-refractivity contribution in [3.63, 3.8) is 0 Å². The molecule has 0 unspecified atom stereocenters. The fourth-order valence-corrected chi connectivity index (χ4v) is 2.24. The number of aromatic nitrogens is 1. The van der Waals surface area contributed by atoms with E-state index in [0.717, 1.165) is 22.1 Å². The van der Waals surface area contributed by atoms with Crippen molar-refractivity contribution in [1.29, 1.82) is 0 Å².